The minimum Gasteiger partial charge on any atom is -0.344 e. The zero-order chi connectivity index (χ0) is 10.0. The van der Waals surface area contributed by atoms with Crippen molar-refractivity contribution in [1.82, 2.24) is 9.80 Å². The molecule has 1 atom stereocenters. The Labute approximate surface area is 80.7 Å². The van der Waals surface area contributed by atoms with Gasteiger partial charge in [0.05, 0.1) is 6.04 Å². The van der Waals surface area contributed by atoms with Gasteiger partial charge in [0.2, 0.25) is 5.91 Å². The number of amides is 1. The fourth-order valence-electron chi connectivity index (χ4n) is 1.72. The highest BCUT2D eigenvalue weighted by Crippen LogP contribution is 2.16. The summed E-state index contributed by atoms with van der Waals surface area (Å²) in [6, 6.07) is 0.156. The second-order valence-corrected chi connectivity index (χ2v) is 4.40. The Morgan fingerprint density at radius 2 is 2.23 bits per heavy atom. The number of rotatable bonds is 3. The fourth-order valence-corrected chi connectivity index (χ4v) is 1.72. The summed E-state index contributed by atoms with van der Waals surface area (Å²) in [4.78, 5) is 15.7. The van der Waals surface area contributed by atoms with Gasteiger partial charge in [-0.3, -0.25) is 9.69 Å². The molecular weight excluding hydrogens is 164 g/mol. The molecule has 1 rings (SSSR count). The highest BCUT2D eigenvalue weighted by atomic mass is 16.2. The van der Waals surface area contributed by atoms with Gasteiger partial charge in [0.15, 0.2) is 0 Å². The lowest BCUT2D eigenvalue weighted by Gasteiger charge is -2.39. The summed E-state index contributed by atoms with van der Waals surface area (Å²) < 4.78 is 0. The molecule has 0 bridgehead atoms. The van der Waals surface area contributed by atoms with Gasteiger partial charge in [-0.1, -0.05) is 13.8 Å². The molecule has 3 heteroatoms. The molecule has 1 aliphatic rings. The van der Waals surface area contributed by atoms with Gasteiger partial charge in [-0.2, -0.15) is 0 Å². The van der Waals surface area contributed by atoms with Gasteiger partial charge in [-0.25, -0.2) is 0 Å². The SMILES string of the molecule is CC(C)CN(C)C(=O)C1CCN1C. The molecule has 0 saturated carbocycles. The lowest BCUT2D eigenvalue weighted by atomic mass is 10.0. The van der Waals surface area contributed by atoms with Crippen LogP contribution in [0.2, 0.25) is 0 Å². The van der Waals surface area contributed by atoms with Gasteiger partial charge >= 0.3 is 0 Å². The van der Waals surface area contributed by atoms with Crippen LogP contribution in [0, 0.1) is 5.92 Å². The van der Waals surface area contributed by atoms with Crippen molar-refractivity contribution >= 4 is 5.91 Å². The molecule has 1 fully saturated rings. The van der Waals surface area contributed by atoms with E-state index in [0.717, 1.165) is 19.5 Å². The van der Waals surface area contributed by atoms with Gasteiger partial charge < -0.3 is 4.90 Å². The summed E-state index contributed by atoms with van der Waals surface area (Å²) in [6.45, 7) is 6.19. The largest absolute Gasteiger partial charge is 0.344 e. The predicted molar refractivity (Wildman–Crippen MR) is 53.5 cm³/mol. The van der Waals surface area contributed by atoms with Crippen molar-refractivity contribution in [1.29, 1.82) is 0 Å². The molecule has 0 aromatic heterocycles. The average Bonchev–Trinajstić information content (AvgIpc) is 2.00. The van der Waals surface area contributed by atoms with Gasteiger partial charge in [-0.05, 0) is 19.4 Å². The Morgan fingerprint density at radius 1 is 1.62 bits per heavy atom. The van der Waals surface area contributed by atoms with Gasteiger partial charge in [0.1, 0.15) is 0 Å². The first-order chi connectivity index (χ1) is 6.02. The van der Waals surface area contributed by atoms with Gasteiger partial charge in [-0.15, -0.1) is 0 Å². The molecule has 76 valence electrons. The van der Waals surface area contributed by atoms with Crippen molar-refractivity contribution in [2.75, 3.05) is 27.2 Å². The first-order valence-corrected chi connectivity index (χ1v) is 4.97. The number of hydrogen-bond donors (Lipinski definition) is 0. The van der Waals surface area contributed by atoms with E-state index in [1.807, 2.05) is 19.0 Å². The topological polar surface area (TPSA) is 23.6 Å². The van der Waals surface area contributed by atoms with Crippen molar-refractivity contribution in [3.8, 4) is 0 Å². The zero-order valence-corrected chi connectivity index (χ0v) is 9.08. The third kappa shape index (κ3) is 2.44. The maximum atomic E-state index is 11.8. The summed E-state index contributed by atoms with van der Waals surface area (Å²) >= 11 is 0. The number of likely N-dealkylation sites (tertiary alicyclic amines) is 1. The molecule has 1 heterocycles. The first-order valence-electron chi connectivity index (χ1n) is 4.97. The number of carbonyl (C=O) groups excluding carboxylic acids is 1. The number of likely N-dealkylation sites (N-methyl/N-ethyl adjacent to an activating group) is 2. The molecule has 0 aromatic rings. The molecule has 1 unspecified atom stereocenters. The monoisotopic (exact) mass is 184 g/mol. The number of hydrogen-bond acceptors (Lipinski definition) is 2. The van der Waals surface area contributed by atoms with Gasteiger partial charge in [0, 0.05) is 20.1 Å². The highest BCUT2D eigenvalue weighted by Gasteiger charge is 2.32. The summed E-state index contributed by atoms with van der Waals surface area (Å²) in [5.41, 5.74) is 0. The van der Waals surface area contributed by atoms with E-state index in [-0.39, 0.29) is 11.9 Å². The molecule has 0 spiro atoms. The lowest BCUT2D eigenvalue weighted by molar-refractivity contribution is -0.139. The van der Waals surface area contributed by atoms with Crippen molar-refractivity contribution in [2.24, 2.45) is 5.92 Å². The second kappa shape index (κ2) is 4.09. The van der Waals surface area contributed by atoms with Crippen LogP contribution >= 0.6 is 0 Å². The lowest BCUT2D eigenvalue weighted by Crippen LogP contribution is -2.54. The maximum Gasteiger partial charge on any atom is 0.239 e. The zero-order valence-electron chi connectivity index (χ0n) is 9.08. The Balaban J connectivity index is 2.38. The molecule has 1 saturated heterocycles. The summed E-state index contributed by atoms with van der Waals surface area (Å²) in [6.07, 6.45) is 1.03. The van der Waals surface area contributed by atoms with E-state index in [1.54, 1.807) is 0 Å². The number of carbonyl (C=O) groups is 1. The quantitative estimate of drug-likeness (QED) is 0.648. The van der Waals surface area contributed by atoms with Crippen LogP contribution in [0.15, 0.2) is 0 Å². The Morgan fingerprint density at radius 3 is 2.54 bits per heavy atom. The normalized spacial score (nSPS) is 23.0. The van der Waals surface area contributed by atoms with E-state index in [2.05, 4.69) is 18.7 Å². The van der Waals surface area contributed by atoms with Crippen LogP contribution in [0.5, 0.6) is 0 Å². The highest BCUT2D eigenvalue weighted by molar-refractivity contribution is 5.82. The summed E-state index contributed by atoms with van der Waals surface area (Å²) in [5, 5.41) is 0. The van der Waals surface area contributed by atoms with Crippen molar-refractivity contribution in [2.45, 2.75) is 26.3 Å². The van der Waals surface area contributed by atoms with Crippen LogP contribution in [0.25, 0.3) is 0 Å². The molecule has 0 aliphatic carbocycles. The molecule has 1 amide bonds. The maximum absolute atomic E-state index is 11.8. The van der Waals surface area contributed by atoms with Crippen LogP contribution in [0.4, 0.5) is 0 Å². The predicted octanol–water partition coefficient (Wildman–Crippen LogP) is 0.805. The first kappa shape index (κ1) is 10.5. The Kier molecular flexibility index (Phi) is 3.31. The smallest absolute Gasteiger partial charge is 0.239 e. The Hall–Kier alpha value is -0.570. The van der Waals surface area contributed by atoms with Crippen LogP contribution in [-0.4, -0.2) is 48.9 Å². The number of nitrogens with zero attached hydrogens (tertiary/aromatic N) is 2. The van der Waals surface area contributed by atoms with Gasteiger partial charge in [0.25, 0.3) is 0 Å². The molecule has 3 nitrogen and oxygen atoms in total. The van der Waals surface area contributed by atoms with Crippen LogP contribution < -0.4 is 0 Å². The van der Waals surface area contributed by atoms with Crippen LogP contribution in [0.1, 0.15) is 20.3 Å². The summed E-state index contributed by atoms with van der Waals surface area (Å²) in [7, 11) is 3.91. The minimum absolute atomic E-state index is 0.156. The van der Waals surface area contributed by atoms with E-state index in [4.69, 9.17) is 0 Å². The van der Waals surface area contributed by atoms with E-state index in [9.17, 15) is 4.79 Å². The molecule has 1 aliphatic heterocycles. The molecule has 0 aromatic carbocycles. The van der Waals surface area contributed by atoms with Crippen molar-refractivity contribution in [3.05, 3.63) is 0 Å². The fraction of sp³-hybridized carbons (Fsp3) is 0.900. The standard InChI is InChI=1S/C10H20N2O/c1-8(2)7-12(4)10(13)9-5-6-11(9)3/h8-9H,5-7H2,1-4H3. The molecule has 0 N–H and O–H groups in total. The van der Waals surface area contributed by atoms with Crippen LogP contribution in [0.3, 0.4) is 0 Å². The average molecular weight is 184 g/mol. The van der Waals surface area contributed by atoms with E-state index in [0.29, 0.717) is 5.92 Å². The van der Waals surface area contributed by atoms with Crippen LogP contribution in [-0.2, 0) is 4.79 Å². The molecule has 13 heavy (non-hydrogen) atoms. The van der Waals surface area contributed by atoms with Crippen molar-refractivity contribution < 1.29 is 4.79 Å². The molecular formula is C10H20N2O. The third-order valence-corrected chi connectivity index (χ3v) is 2.59. The molecule has 0 radical (unpaired) electrons. The van der Waals surface area contributed by atoms with E-state index < -0.39 is 0 Å². The third-order valence-electron chi connectivity index (χ3n) is 2.59. The van der Waals surface area contributed by atoms with Crippen molar-refractivity contribution in [3.63, 3.8) is 0 Å². The van der Waals surface area contributed by atoms with E-state index >= 15 is 0 Å². The Bertz CT molecular complexity index is 191. The second-order valence-electron chi connectivity index (χ2n) is 4.40. The minimum atomic E-state index is 0.156. The van der Waals surface area contributed by atoms with E-state index in [1.165, 1.54) is 0 Å². The summed E-state index contributed by atoms with van der Waals surface area (Å²) in [5.74, 6) is 0.835.